The van der Waals surface area contributed by atoms with E-state index in [1.54, 1.807) is 6.07 Å². The van der Waals surface area contributed by atoms with Crippen molar-refractivity contribution in [2.45, 2.75) is 31.9 Å². The lowest BCUT2D eigenvalue weighted by molar-refractivity contribution is -0.385. The molecule has 2 aromatic rings. The van der Waals surface area contributed by atoms with Crippen LogP contribution < -0.4 is 5.32 Å². The molecule has 1 fully saturated rings. The molecule has 2 aromatic carbocycles. The number of anilines is 1. The zero-order valence-electron chi connectivity index (χ0n) is 14.8. The van der Waals surface area contributed by atoms with Gasteiger partial charge in [0.05, 0.1) is 17.1 Å². The number of rotatable bonds is 7. The smallest absolute Gasteiger partial charge is 0.276 e. The number of hydrogen-bond donors (Lipinski definition) is 2. The summed E-state index contributed by atoms with van der Waals surface area (Å²) in [5.41, 5.74) is 2.39. The standard InChI is InChI=1S/C20H25N3O3/c24-15-17-8-9-18(13-20(17)23(25)26)21-19-7-4-11-22(14-19)12-10-16-5-2-1-3-6-16/h1-3,5-6,8-9,13,19,21,24H,4,7,10-12,14-15H2. The third-order valence-electron chi connectivity index (χ3n) is 4.89. The van der Waals surface area contributed by atoms with Gasteiger partial charge in [0.15, 0.2) is 0 Å². The van der Waals surface area contributed by atoms with Crippen LogP contribution in [0, 0.1) is 10.1 Å². The molecule has 0 aliphatic carbocycles. The molecule has 1 aliphatic heterocycles. The summed E-state index contributed by atoms with van der Waals surface area (Å²) in [6.45, 7) is 2.72. The molecular weight excluding hydrogens is 330 g/mol. The molecule has 0 spiro atoms. The van der Waals surface area contributed by atoms with Crippen LogP contribution in [-0.4, -0.2) is 40.6 Å². The second kappa shape index (κ2) is 8.78. The van der Waals surface area contributed by atoms with Crippen molar-refractivity contribution in [2.75, 3.05) is 25.0 Å². The van der Waals surface area contributed by atoms with Crippen LogP contribution >= 0.6 is 0 Å². The highest BCUT2D eigenvalue weighted by molar-refractivity contribution is 5.55. The maximum absolute atomic E-state index is 11.2. The molecule has 0 aromatic heterocycles. The normalized spacial score (nSPS) is 17.8. The van der Waals surface area contributed by atoms with E-state index in [-0.39, 0.29) is 18.3 Å². The minimum absolute atomic E-state index is 0.0331. The number of hydrogen-bond acceptors (Lipinski definition) is 5. The molecule has 6 nitrogen and oxygen atoms in total. The number of benzene rings is 2. The Hall–Kier alpha value is -2.44. The van der Waals surface area contributed by atoms with E-state index < -0.39 is 4.92 Å². The lowest BCUT2D eigenvalue weighted by atomic mass is 10.0. The van der Waals surface area contributed by atoms with E-state index in [0.717, 1.165) is 44.6 Å². The van der Waals surface area contributed by atoms with Gasteiger partial charge in [0, 0.05) is 30.9 Å². The van der Waals surface area contributed by atoms with Crippen molar-refractivity contribution in [3.8, 4) is 0 Å². The van der Waals surface area contributed by atoms with Crippen LogP contribution in [0.2, 0.25) is 0 Å². The average molecular weight is 355 g/mol. The van der Waals surface area contributed by atoms with Gasteiger partial charge in [-0.25, -0.2) is 0 Å². The molecule has 1 aliphatic rings. The fourth-order valence-corrected chi connectivity index (χ4v) is 3.50. The minimum atomic E-state index is -0.441. The Balaban J connectivity index is 1.58. The molecule has 2 N–H and O–H groups in total. The molecule has 0 radical (unpaired) electrons. The summed E-state index contributed by atoms with van der Waals surface area (Å²) in [5, 5.41) is 23.8. The Bertz CT molecular complexity index is 736. The molecule has 1 heterocycles. The van der Waals surface area contributed by atoms with Gasteiger partial charge in [-0.2, -0.15) is 0 Å². The summed E-state index contributed by atoms with van der Waals surface area (Å²) in [4.78, 5) is 13.2. The van der Waals surface area contributed by atoms with Crippen LogP contribution in [-0.2, 0) is 13.0 Å². The van der Waals surface area contributed by atoms with Gasteiger partial charge in [0.25, 0.3) is 5.69 Å². The Morgan fingerprint density at radius 3 is 2.77 bits per heavy atom. The van der Waals surface area contributed by atoms with Crippen molar-refractivity contribution in [1.29, 1.82) is 0 Å². The predicted molar refractivity (Wildman–Crippen MR) is 102 cm³/mol. The van der Waals surface area contributed by atoms with E-state index in [1.807, 2.05) is 12.1 Å². The maximum Gasteiger partial charge on any atom is 0.276 e. The van der Waals surface area contributed by atoms with Crippen LogP contribution in [0.4, 0.5) is 11.4 Å². The second-order valence-corrected chi connectivity index (χ2v) is 6.78. The highest BCUT2D eigenvalue weighted by Crippen LogP contribution is 2.25. The minimum Gasteiger partial charge on any atom is -0.391 e. The Morgan fingerprint density at radius 2 is 2.04 bits per heavy atom. The number of piperidine rings is 1. The summed E-state index contributed by atoms with van der Waals surface area (Å²) in [6, 6.07) is 15.7. The summed E-state index contributed by atoms with van der Waals surface area (Å²) >= 11 is 0. The van der Waals surface area contributed by atoms with E-state index >= 15 is 0 Å². The lowest BCUT2D eigenvalue weighted by Gasteiger charge is -2.33. The maximum atomic E-state index is 11.2. The number of nitro benzene ring substituents is 1. The molecule has 1 saturated heterocycles. The van der Waals surface area contributed by atoms with Crippen molar-refractivity contribution in [1.82, 2.24) is 4.90 Å². The largest absolute Gasteiger partial charge is 0.391 e. The fourth-order valence-electron chi connectivity index (χ4n) is 3.50. The van der Waals surface area contributed by atoms with Gasteiger partial charge >= 0.3 is 0 Å². The second-order valence-electron chi connectivity index (χ2n) is 6.78. The van der Waals surface area contributed by atoms with Crippen molar-refractivity contribution in [3.05, 3.63) is 69.8 Å². The Kier molecular flexibility index (Phi) is 6.20. The van der Waals surface area contributed by atoms with E-state index in [4.69, 9.17) is 0 Å². The average Bonchev–Trinajstić information content (AvgIpc) is 2.67. The van der Waals surface area contributed by atoms with E-state index in [1.165, 1.54) is 11.6 Å². The van der Waals surface area contributed by atoms with Crippen LogP contribution in [0.25, 0.3) is 0 Å². The highest BCUT2D eigenvalue weighted by atomic mass is 16.6. The van der Waals surface area contributed by atoms with Crippen molar-refractivity contribution in [2.24, 2.45) is 0 Å². The van der Waals surface area contributed by atoms with E-state index in [0.29, 0.717) is 5.56 Å². The summed E-state index contributed by atoms with van der Waals surface area (Å²) in [5.74, 6) is 0. The van der Waals surface area contributed by atoms with E-state index in [9.17, 15) is 15.2 Å². The Labute approximate surface area is 153 Å². The van der Waals surface area contributed by atoms with Crippen LogP contribution in [0.5, 0.6) is 0 Å². The fraction of sp³-hybridized carbons (Fsp3) is 0.400. The molecule has 0 saturated carbocycles. The zero-order chi connectivity index (χ0) is 18.4. The Morgan fingerprint density at radius 1 is 1.23 bits per heavy atom. The highest BCUT2D eigenvalue weighted by Gasteiger charge is 2.21. The van der Waals surface area contributed by atoms with E-state index in [2.05, 4.69) is 34.5 Å². The first-order chi connectivity index (χ1) is 12.7. The number of nitro groups is 1. The van der Waals surface area contributed by atoms with Gasteiger partial charge in [-0.1, -0.05) is 30.3 Å². The van der Waals surface area contributed by atoms with Crippen LogP contribution in [0.15, 0.2) is 48.5 Å². The quantitative estimate of drug-likeness (QED) is 0.589. The van der Waals surface area contributed by atoms with Crippen molar-refractivity contribution >= 4 is 11.4 Å². The molecule has 138 valence electrons. The summed E-state index contributed by atoms with van der Waals surface area (Å²) < 4.78 is 0. The number of aliphatic hydroxyl groups excluding tert-OH is 1. The van der Waals surface area contributed by atoms with Crippen LogP contribution in [0.3, 0.4) is 0 Å². The number of nitrogens with zero attached hydrogens (tertiary/aromatic N) is 2. The molecule has 6 heteroatoms. The van der Waals surface area contributed by atoms with Crippen molar-refractivity contribution in [3.63, 3.8) is 0 Å². The summed E-state index contributed by atoms with van der Waals surface area (Å²) in [6.07, 6.45) is 3.20. The number of nitrogens with one attached hydrogen (secondary N) is 1. The summed E-state index contributed by atoms with van der Waals surface area (Å²) in [7, 11) is 0. The van der Waals surface area contributed by atoms with Gasteiger partial charge in [0.2, 0.25) is 0 Å². The first-order valence-corrected chi connectivity index (χ1v) is 9.06. The zero-order valence-corrected chi connectivity index (χ0v) is 14.8. The third kappa shape index (κ3) is 4.80. The first-order valence-electron chi connectivity index (χ1n) is 9.06. The topological polar surface area (TPSA) is 78.6 Å². The lowest BCUT2D eigenvalue weighted by Crippen LogP contribution is -2.42. The SMILES string of the molecule is O=[N+]([O-])c1cc(NC2CCCN(CCc3ccccc3)C2)ccc1CO. The van der Waals surface area contributed by atoms with Gasteiger partial charge in [-0.15, -0.1) is 0 Å². The monoisotopic (exact) mass is 355 g/mol. The number of aliphatic hydroxyl groups is 1. The molecule has 0 amide bonds. The molecule has 3 rings (SSSR count). The van der Waals surface area contributed by atoms with Gasteiger partial charge in [0.1, 0.15) is 0 Å². The van der Waals surface area contributed by atoms with Crippen molar-refractivity contribution < 1.29 is 10.0 Å². The van der Waals surface area contributed by atoms with Gasteiger partial charge in [-0.3, -0.25) is 10.1 Å². The molecular formula is C20H25N3O3. The molecule has 0 bridgehead atoms. The first kappa shape index (κ1) is 18.4. The molecule has 1 unspecified atom stereocenters. The van der Waals surface area contributed by atoms with Gasteiger partial charge in [-0.05, 0) is 43.5 Å². The molecule has 26 heavy (non-hydrogen) atoms. The van der Waals surface area contributed by atoms with Gasteiger partial charge < -0.3 is 15.3 Å². The molecule has 1 atom stereocenters. The third-order valence-corrected chi connectivity index (χ3v) is 4.89. The number of likely N-dealkylation sites (tertiary alicyclic amines) is 1. The van der Waals surface area contributed by atoms with Crippen LogP contribution in [0.1, 0.15) is 24.0 Å². The predicted octanol–water partition coefficient (Wildman–Crippen LogP) is 3.21.